The van der Waals surface area contributed by atoms with Gasteiger partial charge in [0.05, 0.1) is 11.1 Å². The Morgan fingerprint density at radius 3 is 2.57 bits per heavy atom. The van der Waals surface area contributed by atoms with E-state index in [4.69, 9.17) is 0 Å². The Hall–Kier alpha value is -2.58. The number of carbonyl (C=O) groups excluding carboxylic acids is 4. The molecule has 0 spiro atoms. The third kappa shape index (κ3) is 2.75. The van der Waals surface area contributed by atoms with E-state index in [1.54, 1.807) is 12.1 Å². The number of amides is 4. The van der Waals surface area contributed by atoms with Crippen LogP contribution >= 0.6 is 0 Å². The third-order valence-corrected chi connectivity index (χ3v) is 6.37. The zero-order valence-corrected chi connectivity index (χ0v) is 15.4. The van der Waals surface area contributed by atoms with Gasteiger partial charge in [0.2, 0.25) is 11.8 Å². The Balaban J connectivity index is 1.31. The Morgan fingerprint density at radius 2 is 1.86 bits per heavy atom. The molecule has 28 heavy (non-hydrogen) atoms. The molecule has 4 amide bonds. The fraction of sp³-hybridized carbons (Fsp3) is 0.500. The summed E-state index contributed by atoms with van der Waals surface area (Å²) in [6, 6.07) is 5.91. The molecular weight excluding hydrogens is 360 g/mol. The minimum Gasteiger partial charge on any atom is -0.310 e. The van der Waals surface area contributed by atoms with Crippen LogP contribution in [0.1, 0.15) is 58.4 Å². The number of rotatable bonds is 4. The lowest BCUT2D eigenvalue weighted by Gasteiger charge is -2.27. The van der Waals surface area contributed by atoms with Crippen molar-refractivity contribution < 1.29 is 19.2 Å². The molecule has 8 heteroatoms. The second-order valence-corrected chi connectivity index (χ2v) is 8.10. The van der Waals surface area contributed by atoms with Crippen LogP contribution in [-0.2, 0) is 16.1 Å². The molecular formula is C20H22N4O4. The highest BCUT2D eigenvalue weighted by molar-refractivity contribution is 6.23. The molecule has 0 aliphatic carbocycles. The monoisotopic (exact) mass is 382 g/mol. The molecule has 4 atom stereocenters. The fourth-order valence-electron chi connectivity index (χ4n) is 4.93. The van der Waals surface area contributed by atoms with E-state index in [0.29, 0.717) is 35.8 Å². The molecule has 8 nitrogen and oxygen atoms in total. The maximum atomic E-state index is 12.9. The predicted molar refractivity (Wildman–Crippen MR) is 98.3 cm³/mol. The molecule has 5 rings (SSSR count). The molecule has 4 heterocycles. The van der Waals surface area contributed by atoms with E-state index in [2.05, 4.69) is 16.0 Å². The number of fused-ring (bicyclic) bond motifs is 3. The van der Waals surface area contributed by atoms with Gasteiger partial charge in [0.1, 0.15) is 6.04 Å². The van der Waals surface area contributed by atoms with E-state index in [0.717, 1.165) is 16.9 Å². The van der Waals surface area contributed by atoms with Crippen molar-refractivity contribution in [1.29, 1.82) is 0 Å². The molecule has 1 aromatic rings. The Labute approximate surface area is 162 Å². The van der Waals surface area contributed by atoms with Gasteiger partial charge in [0, 0.05) is 31.1 Å². The van der Waals surface area contributed by atoms with E-state index < -0.39 is 23.8 Å². The average molecular weight is 382 g/mol. The molecule has 2 bridgehead atoms. The first-order chi connectivity index (χ1) is 13.5. The van der Waals surface area contributed by atoms with Crippen molar-refractivity contribution in [3.8, 4) is 0 Å². The van der Waals surface area contributed by atoms with Gasteiger partial charge in [-0.05, 0) is 43.4 Å². The predicted octanol–water partition coefficient (Wildman–Crippen LogP) is 0.0703. The zero-order valence-electron chi connectivity index (χ0n) is 15.4. The Kier molecular flexibility index (Phi) is 4.06. The van der Waals surface area contributed by atoms with E-state index >= 15 is 0 Å². The molecule has 3 saturated heterocycles. The fourth-order valence-corrected chi connectivity index (χ4v) is 4.93. The van der Waals surface area contributed by atoms with Crippen LogP contribution in [0.3, 0.4) is 0 Å². The molecule has 3 fully saturated rings. The highest BCUT2D eigenvalue weighted by Gasteiger charge is 2.44. The van der Waals surface area contributed by atoms with E-state index in [1.807, 2.05) is 6.07 Å². The summed E-state index contributed by atoms with van der Waals surface area (Å²) < 4.78 is 0. The van der Waals surface area contributed by atoms with Crippen molar-refractivity contribution in [3.63, 3.8) is 0 Å². The van der Waals surface area contributed by atoms with Crippen LogP contribution in [0, 0.1) is 0 Å². The lowest BCUT2D eigenvalue weighted by atomic mass is 9.95. The summed E-state index contributed by atoms with van der Waals surface area (Å²) in [5, 5.41) is 9.36. The van der Waals surface area contributed by atoms with Crippen LogP contribution in [-0.4, -0.2) is 52.7 Å². The lowest BCUT2D eigenvalue weighted by molar-refractivity contribution is -0.136. The molecule has 1 unspecified atom stereocenters. The number of benzene rings is 1. The largest absolute Gasteiger partial charge is 0.310 e. The van der Waals surface area contributed by atoms with Crippen LogP contribution in [0.15, 0.2) is 18.2 Å². The van der Waals surface area contributed by atoms with Gasteiger partial charge in [0.15, 0.2) is 0 Å². The van der Waals surface area contributed by atoms with Crippen LogP contribution in [0.2, 0.25) is 0 Å². The summed E-state index contributed by atoms with van der Waals surface area (Å²) in [5.74, 6) is -1.89. The highest BCUT2D eigenvalue weighted by Crippen LogP contribution is 2.30. The number of carbonyl (C=O) groups is 4. The maximum Gasteiger partial charge on any atom is 0.262 e. The first-order valence-corrected chi connectivity index (χ1v) is 9.85. The van der Waals surface area contributed by atoms with Gasteiger partial charge >= 0.3 is 0 Å². The summed E-state index contributed by atoms with van der Waals surface area (Å²) in [6.07, 6.45) is 3.85. The van der Waals surface area contributed by atoms with Gasteiger partial charge in [-0.3, -0.25) is 29.4 Å². The first-order valence-electron chi connectivity index (χ1n) is 9.85. The molecule has 0 radical (unpaired) electrons. The molecule has 3 N–H and O–H groups in total. The van der Waals surface area contributed by atoms with Crippen molar-refractivity contribution in [2.45, 2.75) is 62.8 Å². The minimum absolute atomic E-state index is 0.122. The summed E-state index contributed by atoms with van der Waals surface area (Å²) >= 11 is 0. The first kappa shape index (κ1) is 17.5. The van der Waals surface area contributed by atoms with Crippen LogP contribution in [0.25, 0.3) is 0 Å². The second-order valence-electron chi connectivity index (χ2n) is 8.10. The van der Waals surface area contributed by atoms with Crippen molar-refractivity contribution in [2.24, 2.45) is 0 Å². The quantitative estimate of drug-likeness (QED) is 0.636. The topological polar surface area (TPSA) is 108 Å². The van der Waals surface area contributed by atoms with Crippen molar-refractivity contribution in [3.05, 3.63) is 34.9 Å². The molecule has 1 aromatic carbocycles. The minimum atomic E-state index is -0.924. The Morgan fingerprint density at radius 1 is 1.04 bits per heavy atom. The van der Waals surface area contributed by atoms with Crippen molar-refractivity contribution >= 4 is 23.6 Å². The molecule has 146 valence electrons. The molecule has 0 saturated carbocycles. The maximum absolute atomic E-state index is 12.9. The Bertz CT molecular complexity index is 898. The SMILES string of the molecule is O=C1CCC(N2C(=O)c3ccc(CN[C@@H]4C[C@H]5CC[C@@H]4N5)cc3C2=O)C(=O)N1. The molecule has 4 aliphatic heterocycles. The number of nitrogens with zero attached hydrogens (tertiary/aromatic N) is 1. The molecule has 4 aliphatic rings. The van der Waals surface area contributed by atoms with Crippen LogP contribution in [0.5, 0.6) is 0 Å². The van der Waals surface area contributed by atoms with E-state index in [9.17, 15) is 19.2 Å². The normalized spacial score (nSPS) is 31.5. The summed E-state index contributed by atoms with van der Waals surface area (Å²) in [5.41, 5.74) is 1.59. The highest BCUT2D eigenvalue weighted by atomic mass is 16.2. The average Bonchev–Trinajstić information content (AvgIpc) is 3.36. The smallest absolute Gasteiger partial charge is 0.262 e. The van der Waals surface area contributed by atoms with Gasteiger partial charge in [-0.2, -0.15) is 0 Å². The number of nitrogens with one attached hydrogen (secondary N) is 3. The van der Waals surface area contributed by atoms with Gasteiger partial charge in [-0.25, -0.2) is 0 Å². The third-order valence-electron chi connectivity index (χ3n) is 6.37. The number of hydrogen-bond acceptors (Lipinski definition) is 6. The molecule has 0 aromatic heterocycles. The van der Waals surface area contributed by atoms with Crippen molar-refractivity contribution in [2.75, 3.05) is 0 Å². The second kappa shape index (κ2) is 6.49. The van der Waals surface area contributed by atoms with E-state index in [-0.39, 0.29) is 18.7 Å². The van der Waals surface area contributed by atoms with E-state index in [1.165, 1.54) is 12.8 Å². The number of hydrogen-bond donors (Lipinski definition) is 3. The summed E-state index contributed by atoms with van der Waals surface area (Å²) in [4.78, 5) is 50.1. The number of piperidine rings is 1. The van der Waals surface area contributed by atoms with Gasteiger partial charge in [-0.1, -0.05) is 6.07 Å². The summed E-state index contributed by atoms with van der Waals surface area (Å²) in [6.45, 7) is 0.628. The van der Waals surface area contributed by atoms with Crippen molar-refractivity contribution in [1.82, 2.24) is 20.9 Å². The van der Waals surface area contributed by atoms with Crippen LogP contribution < -0.4 is 16.0 Å². The van der Waals surface area contributed by atoms with Gasteiger partial charge < -0.3 is 10.6 Å². The summed E-state index contributed by atoms with van der Waals surface area (Å²) in [7, 11) is 0. The number of imide groups is 2. The van der Waals surface area contributed by atoms with Crippen LogP contribution in [0.4, 0.5) is 0 Å². The van der Waals surface area contributed by atoms with Gasteiger partial charge in [-0.15, -0.1) is 0 Å². The lowest BCUT2D eigenvalue weighted by Crippen LogP contribution is -2.54. The standard InChI is InChI=1S/C20H22N4O4/c25-17-6-5-16(18(26)23-17)24-19(27)12-3-1-10(7-13(12)20(24)28)9-21-15-8-11-2-4-14(15)22-11/h1,3,7,11,14-16,21-22H,2,4-6,8-9H2,(H,23,25,26)/t11-,14+,15-,16?/m1/s1. The van der Waals surface area contributed by atoms with Gasteiger partial charge in [0.25, 0.3) is 11.8 Å². The zero-order chi connectivity index (χ0) is 19.4.